The van der Waals surface area contributed by atoms with Crippen molar-refractivity contribution in [2.75, 3.05) is 43.5 Å². The largest absolute Gasteiger partial charge is 0.457 e. The molecule has 2 aliphatic heterocycles. The molecule has 2 fully saturated rings. The van der Waals surface area contributed by atoms with Crippen molar-refractivity contribution in [2.45, 2.75) is 96.3 Å². The number of H-pyrrole nitrogens is 2. The standard InChI is InChI=1S/C45H59N10O12PSSi/c1-25(2)19-46-44-50-38-32(40(60)52-44)48-23-54(38)42-34(58)36(64-27(5)57)31(66-42)22-63-68(69,62-17-18-70(6,28-13-9-7-10-14-28)29-15-11-8-12-16-29)67-37-30(21-56)65-43(35(37)59)55-24-49-33-39(55)51-45(53-41(33)61)47-20-26(3)4/h7-16,23-26,30-31,34-37,42-43,56,58-59H,17-22H2,1-6H3,(H2,46,50,52,60)(H2,47,51,53,61)/t30-,31-,34-,35-,36-,37-,42-,43-,68?/m1/s1. The highest BCUT2D eigenvalue weighted by Gasteiger charge is 2.51. The molecule has 9 atom stereocenters. The Hall–Kier alpha value is -5.24. The quantitative estimate of drug-likeness (QED) is 0.0310. The molecule has 0 spiro atoms. The van der Waals surface area contributed by atoms with Gasteiger partial charge in [-0.2, -0.15) is 9.97 Å². The molecule has 70 heavy (non-hydrogen) atoms. The molecule has 7 N–H and O–H groups in total. The first-order valence-electron chi connectivity index (χ1n) is 23.0. The second kappa shape index (κ2) is 21.6. The van der Waals surface area contributed by atoms with Crippen LogP contribution in [0.15, 0.2) is 82.9 Å². The minimum Gasteiger partial charge on any atom is -0.457 e. The molecule has 4 aromatic heterocycles. The van der Waals surface area contributed by atoms with Gasteiger partial charge < -0.3 is 49.2 Å². The summed E-state index contributed by atoms with van der Waals surface area (Å²) in [7, 11) is -2.53. The minimum absolute atomic E-state index is 0.00876. The predicted molar refractivity (Wildman–Crippen MR) is 265 cm³/mol. The summed E-state index contributed by atoms with van der Waals surface area (Å²) in [6.07, 6.45) is -8.17. The number of hydrogen-bond donors (Lipinski definition) is 7. The van der Waals surface area contributed by atoms with E-state index in [0.717, 1.165) is 10.4 Å². The number of aromatic nitrogens is 8. The van der Waals surface area contributed by atoms with Gasteiger partial charge in [-0.1, -0.05) is 105 Å². The van der Waals surface area contributed by atoms with Crippen molar-refractivity contribution in [3.8, 4) is 0 Å². The number of aliphatic hydroxyl groups excluding tert-OH is 3. The van der Waals surface area contributed by atoms with Gasteiger partial charge >= 0.3 is 12.7 Å². The molecular formula is C45H59N10O12PSSi. The van der Waals surface area contributed by atoms with Crippen LogP contribution in [0, 0.1) is 11.8 Å². The number of fused-ring (bicyclic) bond motifs is 2. The number of imidazole rings is 2. The maximum atomic E-state index is 13.1. The van der Waals surface area contributed by atoms with Crippen LogP contribution in [-0.4, -0.2) is 138 Å². The Morgan fingerprint density at radius 3 is 1.76 bits per heavy atom. The highest BCUT2D eigenvalue weighted by Crippen LogP contribution is 2.54. The molecule has 0 radical (unpaired) electrons. The summed E-state index contributed by atoms with van der Waals surface area (Å²) >= 11 is 6.18. The van der Waals surface area contributed by atoms with Crippen LogP contribution in [0.2, 0.25) is 12.6 Å². The van der Waals surface area contributed by atoms with Gasteiger partial charge in [-0.05, 0) is 29.7 Å². The van der Waals surface area contributed by atoms with Gasteiger partial charge in [0.2, 0.25) is 11.9 Å². The predicted octanol–water partition coefficient (Wildman–Crippen LogP) is 2.37. The molecule has 0 bridgehead atoms. The van der Waals surface area contributed by atoms with E-state index in [-0.39, 0.29) is 52.7 Å². The average Bonchev–Trinajstić information content (AvgIpc) is 4.11. The second-order valence-corrected chi connectivity index (χ2v) is 25.6. The second-order valence-electron chi connectivity index (χ2n) is 18.4. The molecule has 6 heterocycles. The van der Waals surface area contributed by atoms with Crippen LogP contribution in [0.25, 0.3) is 22.3 Å². The summed E-state index contributed by atoms with van der Waals surface area (Å²) in [5.41, 5.74) is -0.871. The van der Waals surface area contributed by atoms with Gasteiger partial charge in [0.15, 0.2) is 40.9 Å². The van der Waals surface area contributed by atoms with Crippen molar-refractivity contribution >= 4 is 77.2 Å². The van der Waals surface area contributed by atoms with Gasteiger partial charge in [0.05, 0.1) is 32.5 Å². The molecule has 2 saturated heterocycles. The maximum Gasteiger partial charge on any atom is 0.327 e. The monoisotopic (exact) mass is 1020 g/mol. The van der Waals surface area contributed by atoms with E-state index in [4.69, 9.17) is 39.6 Å². The number of benzene rings is 2. The summed E-state index contributed by atoms with van der Waals surface area (Å²) in [6.45, 7) is 7.24. The Balaban J connectivity index is 1.10. The first-order valence-corrected chi connectivity index (χ1v) is 28.3. The van der Waals surface area contributed by atoms with E-state index in [9.17, 15) is 29.7 Å². The maximum absolute atomic E-state index is 13.1. The Labute approximate surface area is 408 Å². The number of carbonyl (C=O) groups excluding carboxylic acids is 1. The first-order chi connectivity index (χ1) is 33.5. The number of anilines is 2. The average molecular weight is 1020 g/mol. The van der Waals surface area contributed by atoms with Crippen LogP contribution in [-0.2, 0) is 44.4 Å². The van der Waals surface area contributed by atoms with Crippen LogP contribution in [0.5, 0.6) is 0 Å². The number of aliphatic hydroxyl groups is 3. The summed E-state index contributed by atoms with van der Waals surface area (Å²) in [5, 5.41) is 43.0. The number of esters is 1. The summed E-state index contributed by atoms with van der Waals surface area (Å²) in [5.74, 6) is 0.112. The van der Waals surface area contributed by atoms with E-state index < -0.39 is 94.2 Å². The number of ether oxygens (including phenoxy) is 3. The number of carbonyl (C=O) groups is 1. The third kappa shape index (κ3) is 11.0. The molecule has 0 aliphatic carbocycles. The molecule has 1 unspecified atom stereocenters. The van der Waals surface area contributed by atoms with Crippen molar-refractivity contribution in [3.05, 3.63) is 94.0 Å². The number of aromatic amines is 2. The lowest BCUT2D eigenvalue weighted by Gasteiger charge is -2.32. The summed E-state index contributed by atoms with van der Waals surface area (Å²) in [4.78, 5) is 61.7. The van der Waals surface area contributed by atoms with Crippen LogP contribution < -0.4 is 32.1 Å². The van der Waals surface area contributed by atoms with Crippen molar-refractivity contribution in [1.29, 1.82) is 0 Å². The molecule has 6 aromatic rings. The van der Waals surface area contributed by atoms with Gasteiger partial charge in [-0.25, -0.2) is 9.97 Å². The normalized spacial score (nSPS) is 23.6. The fourth-order valence-corrected chi connectivity index (χ4v) is 14.0. The van der Waals surface area contributed by atoms with E-state index >= 15 is 0 Å². The van der Waals surface area contributed by atoms with Gasteiger partial charge in [0.1, 0.15) is 38.6 Å². The molecule has 376 valence electrons. The molecule has 8 rings (SSSR count). The fourth-order valence-electron chi connectivity index (χ4n) is 8.48. The Bertz CT molecular complexity index is 2880. The molecule has 0 saturated carbocycles. The molecule has 22 nitrogen and oxygen atoms in total. The van der Waals surface area contributed by atoms with Crippen molar-refractivity contribution < 1.29 is 47.9 Å². The van der Waals surface area contributed by atoms with Crippen LogP contribution in [0.1, 0.15) is 47.1 Å². The van der Waals surface area contributed by atoms with Crippen molar-refractivity contribution in [3.63, 3.8) is 0 Å². The van der Waals surface area contributed by atoms with E-state index in [2.05, 4.69) is 71.3 Å². The Morgan fingerprint density at radius 2 is 1.29 bits per heavy atom. The van der Waals surface area contributed by atoms with E-state index in [1.165, 1.54) is 28.7 Å². The van der Waals surface area contributed by atoms with E-state index in [1.807, 2.05) is 64.1 Å². The minimum atomic E-state index is -4.08. The van der Waals surface area contributed by atoms with Gasteiger partial charge in [0.25, 0.3) is 11.1 Å². The Kier molecular flexibility index (Phi) is 15.8. The number of rotatable bonds is 21. The number of hydrogen-bond acceptors (Lipinski definition) is 19. The lowest BCUT2D eigenvalue weighted by atomic mass is 10.1. The van der Waals surface area contributed by atoms with E-state index in [1.54, 1.807) is 0 Å². The number of nitrogens with one attached hydrogen (secondary N) is 4. The number of nitrogens with zero attached hydrogens (tertiary/aromatic N) is 6. The summed E-state index contributed by atoms with van der Waals surface area (Å²) < 4.78 is 40.5. The van der Waals surface area contributed by atoms with Crippen LogP contribution in [0.4, 0.5) is 11.9 Å². The highest BCUT2D eigenvalue weighted by molar-refractivity contribution is 8.07. The van der Waals surface area contributed by atoms with E-state index in [0.29, 0.717) is 19.1 Å². The van der Waals surface area contributed by atoms with Gasteiger partial charge in [-0.3, -0.25) is 38.0 Å². The molecule has 25 heteroatoms. The smallest absolute Gasteiger partial charge is 0.327 e. The fraction of sp³-hybridized carbons (Fsp3) is 0.489. The van der Waals surface area contributed by atoms with Gasteiger partial charge in [-0.15, -0.1) is 0 Å². The zero-order chi connectivity index (χ0) is 49.9. The first kappa shape index (κ1) is 51.1. The summed E-state index contributed by atoms with van der Waals surface area (Å²) in [6, 6.07) is 20.7. The lowest BCUT2D eigenvalue weighted by Crippen LogP contribution is -2.56. The van der Waals surface area contributed by atoms with Crippen LogP contribution >= 0.6 is 6.72 Å². The third-order valence-corrected chi connectivity index (χ3v) is 19.0. The third-order valence-electron chi connectivity index (χ3n) is 12.2. The Morgan fingerprint density at radius 1 is 0.800 bits per heavy atom. The molecule has 2 aromatic carbocycles. The highest BCUT2D eigenvalue weighted by atomic mass is 32.5. The molecule has 2 aliphatic rings. The molecular weight excluding hydrogens is 964 g/mol. The van der Waals surface area contributed by atoms with Crippen molar-refractivity contribution in [2.24, 2.45) is 11.8 Å². The topological polar surface area (TPSA) is 284 Å². The zero-order valence-electron chi connectivity index (χ0n) is 39.5. The molecule has 0 amide bonds. The zero-order valence-corrected chi connectivity index (χ0v) is 42.2. The SMILES string of the molecule is CC(=O)O[C@H]1[C@@H](O)[C@H](n2cnc3c(=O)[nH]c(NCC(C)C)nc32)O[C@@H]1COP(=S)(OCC[Si](C)(c1ccccc1)c1ccccc1)O[C@H]1[C@@H](O)[C@H](n2cnc3c(=O)[nH]c(NCC(C)C)nc32)O[C@@H]1CO. The van der Waals surface area contributed by atoms with Crippen molar-refractivity contribution in [1.82, 2.24) is 39.0 Å². The van der Waals surface area contributed by atoms with Crippen LogP contribution in [0.3, 0.4) is 0 Å². The lowest BCUT2D eigenvalue weighted by molar-refractivity contribution is -0.153. The van der Waals surface area contributed by atoms with Gasteiger partial charge in [0, 0.05) is 20.0 Å².